The van der Waals surface area contributed by atoms with Crippen LogP contribution in [0.2, 0.25) is 0 Å². The zero-order valence-corrected chi connectivity index (χ0v) is 11.6. The minimum atomic E-state index is -0.428. The van der Waals surface area contributed by atoms with Crippen molar-refractivity contribution >= 4 is 24.0 Å². The van der Waals surface area contributed by atoms with Gasteiger partial charge >= 0.3 is 0 Å². The molecule has 0 aliphatic heterocycles. The second-order valence-corrected chi connectivity index (χ2v) is 4.21. The molecule has 2 rings (SSSR count). The normalized spacial score (nSPS) is 10.7. The summed E-state index contributed by atoms with van der Waals surface area (Å²) in [5.41, 5.74) is 6.25. The topological polar surface area (TPSA) is 84.0 Å². The summed E-state index contributed by atoms with van der Waals surface area (Å²) in [6, 6.07) is 7.05. The molecule has 0 saturated heterocycles. The van der Waals surface area contributed by atoms with E-state index in [4.69, 9.17) is 0 Å². The van der Waals surface area contributed by atoms with Crippen molar-refractivity contribution in [2.24, 2.45) is 0 Å². The molecule has 2 amide bonds. The van der Waals surface area contributed by atoms with Crippen molar-refractivity contribution in [2.45, 2.75) is 0 Å². The first kappa shape index (κ1) is 15.1. The molecule has 2 aromatic heterocycles. The zero-order valence-electron chi connectivity index (χ0n) is 11.6. The average molecular weight is 294 g/mol. The van der Waals surface area contributed by atoms with Gasteiger partial charge in [0, 0.05) is 36.9 Å². The van der Waals surface area contributed by atoms with Crippen LogP contribution in [0.3, 0.4) is 0 Å². The summed E-state index contributed by atoms with van der Waals surface area (Å²) in [7, 11) is 0. The smallest absolute Gasteiger partial charge is 0.262 e. The first-order valence-corrected chi connectivity index (χ1v) is 6.50. The second-order valence-electron chi connectivity index (χ2n) is 4.21. The average Bonchev–Trinajstić information content (AvgIpc) is 2.58. The van der Waals surface area contributed by atoms with E-state index in [1.807, 2.05) is 0 Å². The molecule has 2 heterocycles. The summed E-state index contributed by atoms with van der Waals surface area (Å²) in [6.07, 6.45) is 12.4. The van der Waals surface area contributed by atoms with E-state index in [0.717, 1.165) is 11.1 Å². The maximum Gasteiger partial charge on any atom is 0.262 e. The van der Waals surface area contributed by atoms with Crippen molar-refractivity contribution in [2.75, 3.05) is 0 Å². The molecule has 0 aromatic carbocycles. The number of amides is 2. The highest BCUT2D eigenvalue weighted by atomic mass is 16.2. The standard InChI is InChI=1S/C16H14N4O2/c21-15(3-1-13-5-9-17-10-6-13)19-20-16(22)4-2-14-7-11-18-12-8-14/h1-12H,(H,19,21)(H,20,22)/b3-1+,4-2+. The lowest BCUT2D eigenvalue weighted by Gasteiger charge is -2.01. The molecule has 6 heteroatoms. The van der Waals surface area contributed by atoms with Gasteiger partial charge in [0.15, 0.2) is 0 Å². The Labute approximate surface area is 127 Å². The lowest BCUT2D eigenvalue weighted by molar-refractivity contribution is -0.123. The van der Waals surface area contributed by atoms with E-state index in [9.17, 15) is 9.59 Å². The van der Waals surface area contributed by atoms with E-state index in [2.05, 4.69) is 20.8 Å². The van der Waals surface area contributed by atoms with Gasteiger partial charge in [0.25, 0.3) is 11.8 Å². The van der Waals surface area contributed by atoms with Gasteiger partial charge < -0.3 is 0 Å². The molecule has 2 N–H and O–H groups in total. The van der Waals surface area contributed by atoms with Gasteiger partial charge in [0.1, 0.15) is 0 Å². The van der Waals surface area contributed by atoms with Crippen LogP contribution in [0.25, 0.3) is 12.2 Å². The third-order valence-corrected chi connectivity index (χ3v) is 2.58. The summed E-state index contributed by atoms with van der Waals surface area (Å²) >= 11 is 0. The SMILES string of the molecule is O=C(/C=C/c1ccncc1)NNC(=O)/C=C/c1ccncc1. The Morgan fingerprint density at radius 3 is 1.45 bits per heavy atom. The monoisotopic (exact) mass is 294 g/mol. The van der Waals surface area contributed by atoms with Crippen LogP contribution < -0.4 is 10.9 Å². The van der Waals surface area contributed by atoms with Crippen molar-refractivity contribution in [3.05, 3.63) is 72.3 Å². The fraction of sp³-hybridized carbons (Fsp3) is 0. The molecule has 110 valence electrons. The van der Waals surface area contributed by atoms with Gasteiger partial charge in [-0.3, -0.25) is 30.4 Å². The third-order valence-electron chi connectivity index (χ3n) is 2.58. The molecule has 0 radical (unpaired) electrons. The highest BCUT2D eigenvalue weighted by molar-refractivity contribution is 5.96. The Hall–Kier alpha value is -3.28. The van der Waals surface area contributed by atoms with Crippen molar-refractivity contribution in [1.29, 1.82) is 0 Å². The van der Waals surface area contributed by atoms with Crippen LogP contribution in [0.15, 0.2) is 61.2 Å². The van der Waals surface area contributed by atoms with Crippen LogP contribution in [-0.2, 0) is 9.59 Å². The lowest BCUT2D eigenvalue weighted by atomic mass is 10.2. The van der Waals surface area contributed by atoms with Crippen molar-refractivity contribution in [3.63, 3.8) is 0 Å². The lowest BCUT2D eigenvalue weighted by Crippen LogP contribution is -2.39. The number of pyridine rings is 2. The molecular weight excluding hydrogens is 280 g/mol. The second kappa shape index (κ2) is 8.11. The van der Waals surface area contributed by atoms with Gasteiger partial charge in [-0.15, -0.1) is 0 Å². The minimum absolute atomic E-state index is 0.428. The number of rotatable bonds is 4. The molecule has 0 aliphatic rings. The van der Waals surface area contributed by atoms with E-state index < -0.39 is 11.8 Å². The summed E-state index contributed by atoms with van der Waals surface area (Å²) in [4.78, 5) is 30.8. The highest BCUT2D eigenvalue weighted by Crippen LogP contribution is 1.99. The van der Waals surface area contributed by atoms with Gasteiger partial charge in [-0.1, -0.05) is 0 Å². The Morgan fingerprint density at radius 2 is 1.09 bits per heavy atom. The number of carbonyl (C=O) groups is 2. The molecule has 0 unspecified atom stereocenters. The van der Waals surface area contributed by atoms with Gasteiger partial charge in [-0.25, -0.2) is 0 Å². The largest absolute Gasteiger partial charge is 0.268 e. The molecule has 0 atom stereocenters. The van der Waals surface area contributed by atoms with Gasteiger partial charge in [-0.05, 0) is 47.5 Å². The number of nitrogens with one attached hydrogen (secondary N) is 2. The summed E-state index contributed by atoms with van der Waals surface area (Å²) in [5.74, 6) is -0.857. The molecule has 22 heavy (non-hydrogen) atoms. The maximum atomic E-state index is 11.5. The number of hydrogen-bond donors (Lipinski definition) is 2. The van der Waals surface area contributed by atoms with Crippen molar-refractivity contribution in [1.82, 2.24) is 20.8 Å². The number of nitrogens with zero attached hydrogens (tertiary/aromatic N) is 2. The van der Waals surface area contributed by atoms with E-state index in [1.165, 1.54) is 12.2 Å². The van der Waals surface area contributed by atoms with E-state index in [0.29, 0.717) is 0 Å². The van der Waals surface area contributed by atoms with E-state index >= 15 is 0 Å². The Kier molecular flexibility index (Phi) is 5.57. The number of hydrazine groups is 1. The fourth-order valence-electron chi connectivity index (χ4n) is 1.50. The first-order chi connectivity index (χ1) is 10.7. The molecule has 0 fully saturated rings. The molecule has 0 spiro atoms. The van der Waals surface area contributed by atoms with Crippen LogP contribution in [0.4, 0.5) is 0 Å². The van der Waals surface area contributed by atoms with Crippen LogP contribution in [0.1, 0.15) is 11.1 Å². The van der Waals surface area contributed by atoms with Crippen molar-refractivity contribution in [3.8, 4) is 0 Å². The third kappa shape index (κ3) is 5.38. The minimum Gasteiger partial charge on any atom is -0.268 e. The Balaban J connectivity index is 1.77. The van der Waals surface area contributed by atoms with Gasteiger partial charge in [0.2, 0.25) is 0 Å². The summed E-state index contributed by atoms with van der Waals surface area (Å²) in [6.45, 7) is 0. The molecule has 2 aromatic rings. The maximum absolute atomic E-state index is 11.5. The van der Waals surface area contributed by atoms with E-state index in [-0.39, 0.29) is 0 Å². The summed E-state index contributed by atoms with van der Waals surface area (Å²) in [5, 5.41) is 0. The molecule has 6 nitrogen and oxygen atoms in total. The first-order valence-electron chi connectivity index (χ1n) is 6.50. The quantitative estimate of drug-likeness (QED) is 0.658. The zero-order chi connectivity index (χ0) is 15.6. The van der Waals surface area contributed by atoms with Crippen molar-refractivity contribution < 1.29 is 9.59 Å². The summed E-state index contributed by atoms with van der Waals surface area (Å²) < 4.78 is 0. The molecule has 0 bridgehead atoms. The van der Waals surface area contributed by atoms with Crippen LogP contribution in [0, 0.1) is 0 Å². The Morgan fingerprint density at radius 1 is 0.727 bits per heavy atom. The molecular formula is C16H14N4O2. The number of carbonyl (C=O) groups excluding carboxylic acids is 2. The predicted octanol–water partition coefficient (Wildman–Crippen LogP) is 1.35. The van der Waals surface area contributed by atoms with Gasteiger partial charge in [0.05, 0.1) is 0 Å². The molecule has 0 saturated carbocycles. The predicted molar refractivity (Wildman–Crippen MR) is 82.8 cm³/mol. The molecule has 0 aliphatic carbocycles. The Bertz CT molecular complexity index is 620. The van der Waals surface area contributed by atoms with Gasteiger partial charge in [-0.2, -0.15) is 0 Å². The van der Waals surface area contributed by atoms with Crippen LogP contribution in [0.5, 0.6) is 0 Å². The van der Waals surface area contributed by atoms with Crippen LogP contribution >= 0.6 is 0 Å². The van der Waals surface area contributed by atoms with Crippen LogP contribution in [-0.4, -0.2) is 21.8 Å². The van der Waals surface area contributed by atoms with E-state index in [1.54, 1.807) is 61.2 Å². The number of hydrogen-bond acceptors (Lipinski definition) is 4. The highest BCUT2D eigenvalue weighted by Gasteiger charge is 1.98. The number of aromatic nitrogens is 2. The fourth-order valence-corrected chi connectivity index (χ4v) is 1.50.